The number of hydrogen-bond donors (Lipinski definition) is 3. The fourth-order valence-corrected chi connectivity index (χ4v) is 4.15. The van der Waals surface area contributed by atoms with Gasteiger partial charge in [0.25, 0.3) is 5.91 Å². The summed E-state index contributed by atoms with van der Waals surface area (Å²) in [6.07, 6.45) is 0.509. The first-order chi connectivity index (χ1) is 13.6. The molecule has 1 aliphatic rings. The van der Waals surface area contributed by atoms with E-state index in [-0.39, 0.29) is 11.9 Å². The van der Waals surface area contributed by atoms with Crippen LogP contribution in [0.2, 0.25) is 0 Å². The van der Waals surface area contributed by atoms with Gasteiger partial charge in [-0.3, -0.25) is 4.79 Å². The molecular weight excluding hydrogens is 380 g/mol. The van der Waals surface area contributed by atoms with Crippen molar-refractivity contribution < 1.29 is 19.4 Å². The number of rotatable bonds is 4. The number of piperidine rings is 1. The van der Waals surface area contributed by atoms with Gasteiger partial charge in [-0.2, -0.15) is 0 Å². The monoisotopic (exact) mass is 400 g/mol. The van der Waals surface area contributed by atoms with E-state index in [0.29, 0.717) is 41.3 Å². The van der Waals surface area contributed by atoms with Crippen molar-refractivity contribution in [3.63, 3.8) is 0 Å². The fourth-order valence-electron chi connectivity index (χ4n) is 3.48. The Kier molecular flexibility index (Phi) is 4.91. The van der Waals surface area contributed by atoms with Crippen LogP contribution >= 0.6 is 11.3 Å². The fraction of sp³-hybridized carbons (Fsp3) is 0.316. The predicted octanol–water partition coefficient (Wildman–Crippen LogP) is 3.17. The summed E-state index contributed by atoms with van der Waals surface area (Å²) in [5.41, 5.74) is 1.63. The highest BCUT2D eigenvalue weighted by Gasteiger charge is 2.26. The van der Waals surface area contributed by atoms with E-state index < -0.39 is 6.09 Å². The number of aromatic nitrogens is 2. The number of benzene rings is 1. The quantitative estimate of drug-likeness (QED) is 0.623. The van der Waals surface area contributed by atoms with E-state index in [4.69, 9.17) is 4.74 Å². The molecule has 0 radical (unpaired) electrons. The molecule has 1 aliphatic heterocycles. The molecule has 2 amide bonds. The van der Waals surface area contributed by atoms with Crippen molar-refractivity contribution in [3.8, 4) is 16.5 Å². The van der Waals surface area contributed by atoms with Crippen molar-refractivity contribution in [1.82, 2.24) is 20.2 Å². The molecule has 0 spiro atoms. The lowest BCUT2D eigenvalue weighted by Crippen LogP contribution is -2.49. The van der Waals surface area contributed by atoms with E-state index in [2.05, 4.69) is 15.3 Å². The topological polar surface area (TPSA) is 108 Å². The summed E-state index contributed by atoms with van der Waals surface area (Å²) in [7, 11) is 1.57. The molecule has 1 aromatic carbocycles. The average Bonchev–Trinajstić information content (AvgIpc) is 3.36. The normalized spacial score (nSPS) is 16.9. The van der Waals surface area contributed by atoms with Crippen LogP contribution in [0, 0.1) is 0 Å². The summed E-state index contributed by atoms with van der Waals surface area (Å²) in [4.78, 5) is 34.3. The molecule has 9 heteroatoms. The van der Waals surface area contributed by atoms with Gasteiger partial charge in [-0.25, -0.2) is 9.78 Å². The molecule has 28 heavy (non-hydrogen) atoms. The van der Waals surface area contributed by atoms with Gasteiger partial charge < -0.3 is 25.0 Å². The highest BCUT2D eigenvalue weighted by atomic mass is 32.1. The minimum atomic E-state index is -0.960. The molecule has 4 rings (SSSR count). The number of carbonyl (C=O) groups excluding carboxylic acids is 1. The van der Waals surface area contributed by atoms with Crippen molar-refractivity contribution in [2.45, 2.75) is 18.9 Å². The number of likely N-dealkylation sites (tertiary alicyclic amines) is 1. The molecule has 8 nitrogen and oxygen atoms in total. The summed E-state index contributed by atoms with van der Waals surface area (Å²) >= 11 is 1.55. The number of ether oxygens (including phenoxy) is 1. The average molecular weight is 400 g/mol. The first kappa shape index (κ1) is 18.3. The number of imidazole rings is 1. The summed E-state index contributed by atoms with van der Waals surface area (Å²) < 4.78 is 5.41. The van der Waals surface area contributed by atoms with Crippen LogP contribution in [0.3, 0.4) is 0 Å². The summed E-state index contributed by atoms with van der Waals surface area (Å²) in [5.74, 6) is 1.02. The van der Waals surface area contributed by atoms with Crippen molar-refractivity contribution >= 4 is 34.4 Å². The number of hydrogen-bond acceptors (Lipinski definition) is 5. The van der Waals surface area contributed by atoms with Crippen molar-refractivity contribution in [2.24, 2.45) is 0 Å². The Balaban J connectivity index is 1.64. The number of H-pyrrole nitrogens is 1. The van der Waals surface area contributed by atoms with Crippen LogP contribution < -0.4 is 10.1 Å². The molecule has 0 unspecified atom stereocenters. The predicted molar refractivity (Wildman–Crippen MR) is 106 cm³/mol. The van der Waals surface area contributed by atoms with E-state index in [1.807, 2.05) is 17.5 Å². The molecule has 0 aliphatic carbocycles. The zero-order valence-electron chi connectivity index (χ0n) is 15.3. The zero-order valence-corrected chi connectivity index (χ0v) is 16.1. The second kappa shape index (κ2) is 7.51. The van der Waals surface area contributed by atoms with E-state index in [1.54, 1.807) is 30.6 Å². The van der Waals surface area contributed by atoms with Gasteiger partial charge in [0.2, 0.25) is 0 Å². The third kappa shape index (κ3) is 3.40. The third-order valence-electron chi connectivity index (χ3n) is 4.85. The van der Waals surface area contributed by atoms with Gasteiger partial charge in [-0.05, 0) is 36.4 Å². The molecule has 3 aromatic rings. The molecule has 0 saturated carbocycles. The number of nitrogens with zero attached hydrogens (tertiary/aromatic N) is 2. The lowest BCUT2D eigenvalue weighted by Gasteiger charge is -2.31. The second-order valence-corrected chi connectivity index (χ2v) is 7.59. The number of fused-ring (bicyclic) bond motifs is 1. The van der Waals surface area contributed by atoms with E-state index in [0.717, 1.165) is 17.7 Å². The molecule has 146 valence electrons. The van der Waals surface area contributed by atoms with Gasteiger partial charge in [0.05, 0.1) is 17.6 Å². The second-order valence-electron chi connectivity index (χ2n) is 6.64. The Labute approximate surface area is 165 Å². The Morgan fingerprint density at radius 1 is 1.39 bits per heavy atom. The minimum Gasteiger partial charge on any atom is -0.494 e. The van der Waals surface area contributed by atoms with E-state index in [1.165, 1.54) is 4.90 Å². The SMILES string of the molecule is COc1ccc(C(=O)N[C@H]2CCCN(C(=O)O)C2)c2nc(-c3cccs3)[nH]c12. The standard InChI is InChI=1S/C19H20N4O4S/c1-27-13-7-6-12(15-16(13)22-17(21-15)14-5-3-9-28-14)18(24)20-11-4-2-8-23(10-11)19(25)26/h3,5-7,9,11H,2,4,8,10H2,1H3,(H,20,24)(H,21,22)(H,25,26)/t11-/m0/s1. The van der Waals surface area contributed by atoms with Gasteiger partial charge >= 0.3 is 6.09 Å². The summed E-state index contributed by atoms with van der Waals surface area (Å²) in [5, 5.41) is 14.1. The van der Waals surface area contributed by atoms with Crippen molar-refractivity contribution in [2.75, 3.05) is 20.2 Å². The number of thiophene rings is 1. The number of aromatic amines is 1. The van der Waals surface area contributed by atoms with Crippen LogP contribution in [0.4, 0.5) is 4.79 Å². The van der Waals surface area contributed by atoms with Gasteiger partial charge in [-0.15, -0.1) is 11.3 Å². The highest BCUT2D eigenvalue weighted by Crippen LogP contribution is 2.31. The Bertz CT molecular complexity index is 1010. The molecule has 2 aromatic heterocycles. The molecule has 0 bridgehead atoms. The number of carbonyl (C=O) groups is 2. The minimum absolute atomic E-state index is 0.217. The summed E-state index contributed by atoms with van der Waals surface area (Å²) in [6, 6.07) is 7.10. The maximum absolute atomic E-state index is 12.9. The van der Waals surface area contributed by atoms with Crippen molar-refractivity contribution in [1.29, 1.82) is 0 Å². The van der Waals surface area contributed by atoms with Gasteiger partial charge in [0, 0.05) is 19.1 Å². The van der Waals surface area contributed by atoms with Gasteiger partial charge in [0.15, 0.2) is 0 Å². The lowest BCUT2D eigenvalue weighted by molar-refractivity contribution is 0.0890. The molecular formula is C19H20N4O4S. The van der Waals surface area contributed by atoms with Crippen molar-refractivity contribution in [3.05, 3.63) is 35.2 Å². The molecule has 3 heterocycles. The molecule has 1 atom stereocenters. The van der Waals surface area contributed by atoms with Gasteiger partial charge in [0.1, 0.15) is 22.6 Å². The number of nitrogens with one attached hydrogen (secondary N) is 2. The van der Waals surface area contributed by atoms with Gasteiger partial charge in [-0.1, -0.05) is 6.07 Å². The largest absolute Gasteiger partial charge is 0.494 e. The van der Waals surface area contributed by atoms with E-state index >= 15 is 0 Å². The Morgan fingerprint density at radius 3 is 2.96 bits per heavy atom. The summed E-state index contributed by atoms with van der Waals surface area (Å²) in [6.45, 7) is 0.791. The number of methoxy groups -OCH3 is 1. The van der Waals surface area contributed by atoms with Crippen LogP contribution in [0.5, 0.6) is 5.75 Å². The first-order valence-electron chi connectivity index (χ1n) is 8.96. The molecule has 1 fully saturated rings. The Hall–Kier alpha value is -3.07. The highest BCUT2D eigenvalue weighted by molar-refractivity contribution is 7.13. The third-order valence-corrected chi connectivity index (χ3v) is 5.73. The molecule has 1 saturated heterocycles. The van der Waals surface area contributed by atoms with Crippen LogP contribution in [-0.2, 0) is 0 Å². The van der Waals surface area contributed by atoms with Crippen LogP contribution in [-0.4, -0.2) is 58.2 Å². The van der Waals surface area contributed by atoms with Crippen LogP contribution in [0.1, 0.15) is 23.2 Å². The Morgan fingerprint density at radius 2 is 2.25 bits per heavy atom. The lowest BCUT2D eigenvalue weighted by atomic mass is 10.0. The molecule has 3 N–H and O–H groups in total. The maximum Gasteiger partial charge on any atom is 0.407 e. The van der Waals surface area contributed by atoms with E-state index in [9.17, 15) is 14.7 Å². The smallest absolute Gasteiger partial charge is 0.407 e. The first-order valence-corrected chi connectivity index (χ1v) is 9.84. The number of amides is 2. The van der Waals surface area contributed by atoms with Crippen LogP contribution in [0.25, 0.3) is 21.7 Å². The zero-order chi connectivity index (χ0) is 19.7. The van der Waals surface area contributed by atoms with Crippen LogP contribution in [0.15, 0.2) is 29.6 Å². The maximum atomic E-state index is 12.9. The number of carboxylic acid groups (broad SMARTS) is 1.